The maximum absolute atomic E-state index is 12.8. The predicted molar refractivity (Wildman–Crippen MR) is 71.9 cm³/mol. The first-order valence-electron chi connectivity index (χ1n) is 6.63. The Hall–Kier alpha value is -1.46. The van der Waals surface area contributed by atoms with Gasteiger partial charge < -0.3 is 11.1 Å². The number of hydrogen-bond donors (Lipinski definition) is 2. The smallest absolute Gasteiger partial charge is 0.233 e. The minimum Gasteiger partial charge on any atom is -0.352 e. The summed E-state index contributed by atoms with van der Waals surface area (Å²) in [5, 5.41) is 2.92. The molecule has 0 radical (unpaired) electrons. The van der Waals surface area contributed by atoms with Crippen molar-refractivity contribution in [2.75, 3.05) is 19.6 Å². The number of hydrogen-bond acceptors (Lipinski definition) is 3. The number of halogens is 1. The van der Waals surface area contributed by atoms with Gasteiger partial charge in [-0.2, -0.15) is 0 Å². The van der Waals surface area contributed by atoms with Crippen molar-refractivity contribution in [3.8, 4) is 0 Å². The highest BCUT2D eigenvalue weighted by Gasteiger charge is 2.20. The summed E-state index contributed by atoms with van der Waals surface area (Å²) < 4.78 is 12.8. The lowest BCUT2D eigenvalue weighted by Crippen LogP contribution is -2.46. The molecule has 0 unspecified atom stereocenters. The molecule has 0 saturated carbocycles. The van der Waals surface area contributed by atoms with Crippen molar-refractivity contribution in [1.29, 1.82) is 0 Å². The molecule has 3 N–H and O–H groups in total. The van der Waals surface area contributed by atoms with E-state index in [0.717, 1.165) is 38.0 Å². The van der Waals surface area contributed by atoms with E-state index in [2.05, 4.69) is 10.2 Å². The zero-order valence-corrected chi connectivity index (χ0v) is 10.9. The Kier molecular flexibility index (Phi) is 4.87. The normalized spacial score (nSPS) is 17.4. The zero-order valence-electron chi connectivity index (χ0n) is 10.9. The molecular formula is C14H20FN3O. The Morgan fingerprint density at radius 2 is 1.95 bits per heavy atom. The van der Waals surface area contributed by atoms with Crippen LogP contribution in [-0.4, -0.2) is 36.5 Å². The average molecular weight is 265 g/mol. The number of carbonyl (C=O) groups is 1. The third kappa shape index (κ3) is 4.29. The molecule has 0 aromatic heterocycles. The van der Waals surface area contributed by atoms with Gasteiger partial charge in [-0.25, -0.2) is 4.39 Å². The summed E-state index contributed by atoms with van der Waals surface area (Å²) >= 11 is 0. The minimum atomic E-state index is -0.202. The van der Waals surface area contributed by atoms with Crippen molar-refractivity contribution in [3.05, 3.63) is 35.6 Å². The first kappa shape index (κ1) is 14.0. The highest BCUT2D eigenvalue weighted by atomic mass is 19.1. The Bertz CT molecular complexity index is 413. The predicted octanol–water partition coefficient (Wildman–Crippen LogP) is 0.865. The summed E-state index contributed by atoms with van der Waals surface area (Å²) in [4.78, 5) is 13.5. The molecule has 19 heavy (non-hydrogen) atoms. The Morgan fingerprint density at radius 1 is 1.32 bits per heavy atom. The molecule has 1 heterocycles. The molecular weight excluding hydrogens is 245 g/mol. The monoisotopic (exact) mass is 265 g/mol. The molecule has 0 atom stereocenters. The molecule has 0 spiro atoms. The van der Waals surface area contributed by atoms with E-state index in [-0.39, 0.29) is 24.3 Å². The second-order valence-electron chi connectivity index (χ2n) is 4.95. The van der Waals surface area contributed by atoms with Gasteiger partial charge in [-0.1, -0.05) is 12.1 Å². The van der Waals surface area contributed by atoms with E-state index in [0.29, 0.717) is 0 Å². The van der Waals surface area contributed by atoms with E-state index in [1.807, 2.05) is 12.1 Å². The van der Waals surface area contributed by atoms with Gasteiger partial charge in [0.15, 0.2) is 0 Å². The number of amides is 1. The first-order chi connectivity index (χ1) is 9.17. The zero-order chi connectivity index (χ0) is 13.7. The number of nitrogens with two attached hydrogens (primary N) is 1. The molecule has 1 fully saturated rings. The highest BCUT2D eigenvalue weighted by Crippen LogP contribution is 2.14. The van der Waals surface area contributed by atoms with Gasteiger partial charge in [0.25, 0.3) is 0 Å². The Morgan fingerprint density at radius 3 is 2.53 bits per heavy atom. The van der Waals surface area contributed by atoms with Crippen molar-refractivity contribution in [1.82, 2.24) is 10.2 Å². The maximum Gasteiger partial charge on any atom is 0.233 e. The maximum atomic E-state index is 12.8. The summed E-state index contributed by atoms with van der Waals surface area (Å²) in [6.45, 7) is 2.76. The van der Waals surface area contributed by atoms with Crippen LogP contribution in [0.25, 0.3) is 0 Å². The van der Waals surface area contributed by atoms with Crippen molar-refractivity contribution in [3.63, 3.8) is 0 Å². The molecule has 0 bridgehead atoms. The van der Waals surface area contributed by atoms with Crippen LogP contribution in [0.3, 0.4) is 0 Å². The van der Waals surface area contributed by atoms with Crippen LogP contribution in [0.5, 0.6) is 0 Å². The minimum absolute atomic E-state index is 0.0514. The van der Waals surface area contributed by atoms with Gasteiger partial charge in [-0.15, -0.1) is 0 Å². The summed E-state index contributed by atoms with van der Waals surface area (Å²) in [6, 6.07) is 6.85. The van der Waals surface area contributed by atoms with Gasteiger partial charge in [0.1, 0.15) is 5.82 Å². The fourth-order valence-electron chi connectivity index (χ4n) is 2.37. The topological polar surface area (TPSA) is 58.4 Å². The third-order valence-corrected chi connectivity index (χ3v) is 3.46. The fourth-order valence-corrected chi connectivity index (χ4v) is 2.37. The largest absolute Gasteiger partial charge is 0.352 e. The van der Waals surface area contributed by atoms with E-state index < -0.39 is 0 Å². The molecule has 2 rings (SSSR count). The van der Waals surface area contributed by atoms with Crippen LogP contribution in [0.4, 0.5) is 4.39 Å². The van der Waals surface area contributed by atoms with E-state index in [1.165, 1.54) is 12.1 Å². The van der Waals surface area contributed by atoms with Crippen LogP contribution in [0.15, 0.2) is 24.3 Å². The molecule has 1 aliphatic heterocycles. The number of nitrogens with zero attached hydrogens (tertiary/aromatic N) is 1. The number of carbonyl (C=O) groups excluding carboxylic acids is 1. The number of likely N-dealkylation sites (tertiary alicyclic amines) is 1. The molecule has 5 heteroatoms. The first-order valence-corrected chi connectivity index (χ1v) is 6.63. The number of piperidine rings is 1. The molecule has 1 saturated heterocycles. The van der Waals surface area contributed by atoms with Gasteiger partial charge in [0, 0.05) is 25.7 Å². The quantitative estimate of drug-likeness (QED) is 0.849. The van der Waals surface area contributed by atoms with E-state index in [9.17, 15) is 9.18 Å². The molecule has 1 amide bonds. The lowest BCUT2D eigenvalue weighted by atomic mass is 10.0. The summed E-state index contributed by atoms with van der Waals surface area (Å²) in [7, 11) is 0. The molecule has 1 aromatic carbocycles. The number of benzene rings is 1. The van der Waals surface area contributed by atoms with Crippen LogP contribution >= 0.6 is 0 Å². The van der Waals surface area contributed by atoms with Crippen molar-refractivity contribution in [2.24, 2.45) is 5.73 Å². The van der Waals surface area contributed by atoms with Gasteiger partial charge in [-0.05, 0) is 30.5 Å². The van der Waals surface area contributed by atoms with Crippen LogP contribution in [-0.2, 0) is 11.3 Å². The van der Waals surface area contributed by atoms with Crippen molar-refractivity contribution >= 4 is 5.91 Å². The Balaban J connectivity index is 1.77. The molecule has 0 aliphatic carbocycles. The second-order valence-corrected chi connectivity index (χ2v) is 4.95. The second kappa shape index (κ2) is 6.63. The Labute approximate surface area is 112 Å². The fraction of sp³-hybridized carbons (Fsp3) is 0.500. The van der Waals surface area contributed by atoms with Gasteiger partial charge in [0.05, 0.1) is 6.54 Å². The molecule has 1 aromatic rings. The van der Waals surface area contributed by atoms with Crippen LogP contribution < -0.4 is 11.1 Å². The highest BCUT2D eigenvalue weighted by molar-refractivity contribution is 5.78. The third-order valence-electron chi connectivity index (χ3n) is 3.46. The lowest BCUT2D eigenvalue weighted by molar-refractivity contribution is -0.120. The molecule has 1 aliphatic rings. The van der Waals surface area contributed by atoms with E-state index in [1.54, 1.807) is 0 Å². The lowest BCUT2D eigenvalue weighted by Gasteiger charge is -2.32. The average Bonchev–Trinajstić information content (AvgIpc) is 2.43. The van der Waals surface area contributed by atoms with Gasteiger partial charge >= 0.3 is 0 Å². The van der Waals surface area contributed by atoms with Crippen molar-refractivity contribution < 1.29 is 9.18 Å². The summed E-state index contributed by atoms with van der Waals surface area (Å²) in [5.74, 6) is -0.288. The van der Waals surface area contributed by atoms with Crippen molar-refractivity contribution in [2.45, 2.75) is 25.4 Å². The number of rotatable bonds is 4. The van der Waals surface area contributed by atoms with E-state index in [4.69, 9.17) is 5.73 Å². The van der Waals surface area contributed by atoms with Gasteiger partial charge in [-0.3, -0.25) is 9.69 Å². The van der Waals surface area contributed by atoms with Crippen LogP contribution in [0.1, 0.15) is 18.4 Å². The summed E-state index contributed by atoms with van der Waals surface area (Å²) in [6.07, 6.45) is 1.87. The summed E-state index contributed by atoms with van der Waals surface area (Å²) in [5.41, 5.74) is 6.39. The number of nitrogens with one attached hydrogen (secondary N) is 1. The molecule has 104 valence electrons. The standard InChI is InChI=1S/C14H20FN3O/c15-12-3-1-11(2-4-12)10-18-7-5-13(6-8-18)17-14(19)9-16/h1-4,13H,5-10,16H2,(H,17,19). The SMILES string of the molecule is NCC(=O)NC1CCN(Cc2ccc(F)cc2)CC1. The van der Waals surface area contributed by atoms with E-state index >= 15 is 0 Å². The van der Waals surface area contributed by atoms with Gasteiger partial charge in [0.2, 0.25) is 5.91 Å². The van der Waals surface area contributed by atoms with Crippen LogP contribution in [0, 0.1) is 5.82 Å². The molecule has 4 nitrogen and oxygen atoms in total. The van der Waals surface area contributed by atoms with Crippen LogP contribution in [0.2, 0.25) is 0 Å².